The van der Waals surface area contributed by atoms with E-state index in [1.54, 1.807) is 12.5 Å². The molecule has 4 heteroatoms. The number of amides is 1. The predicted molar refractivity (Wildman–Crippen MR) is 110 cm³/mol. The lowest BCUT2D eigenvalue weighted by Gasteiger charge is -2.07. The minimum absolute atomic E-state index is 0.106. The van der Waals surface area contributed by atoms with Crippen LogP contribution in [0.4, 0.5) is 0 Å². The normalized spacial score (nSPS) is 10.6. The molecule has 2 aromatic carbocycles. The van der Waals surface area contributed by atoms with Gasteiger partial charge in [0, 0.05) is 18.3 Å². The molecule has 0 saturated carbocycles. The molecule has 4 rings (SSSR count). The smallest absolute Gasteiger partial charge is 0.251 e. The molecule has 0 bridgehead atoms. The summed E-state index contributed by atoms with van der Waals surface area (Å²) in [7, 11) is 0. The van der Waals surface area contributed by atoms with Crippen molar-refractivity contribution in [3.63, 3.8) is 0 Å². The number of pyridine rings is 1. The van der Waals surface area contributed by atoms with Gasteiger partial charge in [-0.15, -0.1) is 0 Å². The Balaban J connectivity index is 1.37. The second kappa shape index (κ2) is 7.92. The first-order valence-electron chi connectivity index (χ1n) is 9.13. The Bertz CT molecular complexity index is 1050. The molecular formula is C24H20N2O2. The minimum Gasteiger partial charge on any atom is -0.463 e. The van der Waals surface area contributed by atoms with Crippen molar-refractivity contribution in [2.45, 2.75) is 13.5 Å². The third-order valence-electron chi connectivity index (χ3n) is 4.58. The second-order valence-electron chi connectivity index (χ2n) is 6.66. The third-order valence-corrected chi connectivity index (χ3v) is 4.58. The molecule has 2 aromatic heterocycles. The zero-order chi connectivity index (χ0) is 19.3. The van der Waals surface area contributed by atoms with E-state index in [9.17, 15) is 4.79 Å². The van der Waals surface area contributed by atoms with Crippen molar-refractivity contribution in [3.8, 4) is 22.6 Å². The summed E-state index contributed by atoms with van der Waals surface area (Å²) in [6, 6.07) is 23.5. The van der Waals surface area contributed by atoms with Crippen LogP contribution in [0.1, 0.15) is 21.5 Å². The molecule has 2 heterocycles. The molecule has 0 aliphatic carbocycles. The van der Waals surface area contributed by atoms with Crippen LogP contribution in [-0.4, -0.2) is 10.9 Å². The van der Waals surface area contributed by atoms with Gasteiger partial charge in [-0.1, -0.05) is 48.0 Å². The van der Waals surface area contributed by atoms with Gasteiger partial charge in [0.25, 0.3) is 5.91 Å². The van der Waals surface area contributed by atoms with Crippen molar-refractivity contribution in [2.75, 3.05) is 0 Å². The molecule has 0 atom stereocenters. The minimum atomic E-state index is -0.106. The van der Waals surface area contributed by atoms with Crippen LogP contribution in [0.25, 0.3) is 22.6 Å². The fourth-order valence-electron chi connectivity index (χ4n) is 2.94. The van der Waals surface area contributed by atoms with Crippen LogP contribution in [0, 0.1) is 6.92 Å². The highest BCUT2D eigenvalue weighted by Gasteiger charge is 2.07. The van der Waals surface area contributed by atoms with Crippen LogP contribution >= 0.6 is 0 Å². The summed E-state index contributed by atoms with van der Waals surface area (Å²) in [6.45, 7) is 2.49. The van der Waals surface area contributed by atoms with E-state index < -0.39 is 0 Å². The number of aromatic nitrogens is 1. The lowest BCUT2D eigenvalue weighted by molar-refractivity contribution is 0.0951. The summed E-state index contributed by atoms with van der Waals surface area (Å²) < 4.78 is 5.33. The molecule has 1 amide bonds. The van der Waals surface area contributed by atoms with Gasteiger partial charge < -0.3 is 9.73 Å². The molecule has 0 saturated heterocycles. The van der Waals surface area contributed by atoms with Gasteiger partial charge in [-0.3, -0.25) is 9.78 Å². The molecule has 4 nitrogen and oxygen atoms in total. The van der Waals surface area contributed by atoms with Crippen molar-refractivity contribution in [2.24, 2.45) is 0 Å². The third kappa shape index (κ3) is 4.01. The Morgan fingerprint density at radius 2 is 1.64 bits per heavy atom. The summed E-state index contributed by atoms with van der Waals surface area (Å²) in [5, 5.41) is 2.93. The lowest BCUT2D eigenvalue weighted by atomic mass is 10.0. The first-order chi connectivity index (χ1) is 13.7. The number of nitrogens with one attached hydrogen (secondary N) is 1. The molecule has 28 heavy (non-hydrogen) atoms. The average molecular weight is 368 g/mol. The largest absolute Gasteiger partial charge is 0.463 e. The summed E-state index contributed by atoms with van der Waals surface area (Å²) in [4.78, 5) is 16.8. The molecule has 0 radical (unpaired) electrons. The fourth-order valence-corrected chi connectivity index (χ4v) is 2.94. The van der Waals surface area contributed by atoms with Gasteiger partial charge in [0.15, 0.2) is 5.76 Å². The van der Waals surface area contributed by atoms with Gasteiger partial charge in [0.1, 0.15) is 5.69 Å². The number of aryl methyl sites for hydroxylation is 1. The van der Waals surface area contributed by atoms with Crippen molar-refractivity contribution in [1.29, 1.82) is 0 Å². The highest BCUT2D eigenvalue weighted by atomic mass is 16.3. The van der Waals surface area contributed by atoms with E-state index in [1.165, 1.54) is 5.56 Å². The number of carbonyl (C=O) groups excluding carboxylic acids is 1. The molecule has 4 aromatic rings. The number of hydrogen-bond donors (Lipinski definition) is 1. The predicted octanol–water partition coefficient (Wildman–Crippen LogP) is 5.25. The molecule has 1 N–H and O–H groups in total. The number of furan rings is 1. The number of nitrogens with zero attached hydrogens (tertiary/aromatic N) is 1. The van der Waals surface area contributed by atoms with E-state index in [-0.39, 0.29) is 5.91 Å². The van der Waals surface area contributed by atoms with Crippen molar-refractivity contribution in [1.82, 2.24) is 10.3 Å². The van der Waals surface area contributed by atoms with Crippen LogP contribution < -0.4 is 5.32 Å². The number of carbonyl (C=O) groups is 1. The van der Waals surface area contributed by atoms with Crippen LogP contribution in [0.2, 0.25) is 0 Å². The molecule has 0 aliphatic heterocycles. The van der Waals surface area contributed by atoms with Crippen molar-refractivity contribution in [3.05, 3.63) is 102 Å². The van der Waals surface area contributed by atoms with Gasteiger partial charge >= 0.3 is 0 Å². The Morgan fingerprint density at radius 3 is 2.25 bits per heavy atom. The zero-order valence-corrected chi connectivity index (χ0v) is 15.6. The molecular weight excluding hydrogens is 348 g/mol. The number of rotatable bonds is 5. The molecule has 0 aliphatic rings. The summed E-state index contributed by atoms with van der Waals surface area (Å²) in [6.07, 6.45) is 3.37. The van der Waals surface area contributed by atoms with Gasteiger partial charge in [-0.25, -0.2) is 0 Å². The van der Waals surface area contributed by atoms with E-state index >= 15 is 0 Å². The molecule has 0 fully saturated rings. The molecule has 0 spiro atoms. The monoisotopic (exact) mass is 368 g/mol. The van der Waals surface area contributed by atoms with Crippen LogP contribution in [-0.2, 0) is 6.54 Å². The van der Waals surface area contributed by atoms with E-state index in [2.05, 4.69) is 41.5 Å². The van der Waals surface area contributed by atoms with Gasteiger partial charge in [-0.2, -0.15) is 0 Å². The van der Waals surface area contributed by atoms with Crippen molar-refractivity contribution >= 4 is 5.91 Å². The van der Waals surface area contributed by atoms with Crippen LogP contribution in [0.3, 0.4) is 0 Å². The Labute approximate surface area is 163 Å². The van der Waals surface area contributed by atoms with Crippen LogP contribution in [0.15, 0.2) is 89.7 Å². The van der Waals surface area contributed by atoms with E-state index in [0.29, 0.717) is 12.1 Å². The van der Waals surface area contributed by atoms with Crippen LogP contribution in [0.5, 0.6) is 0 Å². The topological polar surface area (TPSA) is 55.1 Å². The van der Waals surface area contributed by atoms with Gasteiger partial charge in [0.05, 0.1) is 6.26 Å². The van der Waals surface area contributed by atoms with Crippen molar-refractivity contribution < 1.29 is 9.21 Å². The van der Waals surface area contributed by atoms with E-state index in [1.807, 2.05) is 48.5 Å². The Morgan fingerprint density at radius 1 is 0.929 bits per heavy atom. The first-order valence-corrected chi connectivity index (χ1v) is 9.13. The summed E-state index contributed by atoms with van der Waals surface area (Å²) in [5.74, 6) is 0.620. The summed E-state index contributed by atoms with van der Waals surface area (Å²) >= 11 is 0. The summed E-state index contributed by atoms with van der Waals surface area (Å²) in [5.41, 5.74) is 5.80. The Hall–Kier alpha value is -3.66. The quantitative estimate of drug-likeness (QED) is 0.524. The lowest BCUT2D eigenvalue weighted by Crippen LogP contribution is -2.22. The maximum Gasteiger partial charge on any atom is 0.251 e. The highest BCUT2D eigenvalue weighted by molar-refractivity contribution is 5.94. The highest BCUT2D eigenvalue weighted by Crippen LogP contribution is 2.20. The Kier molecular flexibility index (Phi) is 5.02. The molecule has 0 unspecified atom stereocenters. The SMILES string of the molecule is Cc1ccc(-c2ccc(C(=O)NCc3ccc(-c4ccco4)nc3)cc2)cc1. The zero-order valence-electron chi connectivity index (χ0n) is 15.6. The molecule has 138 valence electrons. The second-order valence-corrected chi connectivity index (χ2v) is 6.66. The van der Waals surface area contributed by atoms with Gasteiger partial charge in [0.2, 0.25) is 0 Å². The maximum absolute atomic E-state index is 12.4. The van der Waals surface area contributed by atoms with Gasteiger partial charge in [-0.05, 0) is 53.9 Å². The fraction of sp³-hybridized carbons (Fsp3) is 0.0833. The number of benzene rings is 2. The van der Waals surface area contributed by atoms with E-state index in [4.69, 9.17) is 4.42 Å². The van der Waals surface area contributed by atoms with E-state index in [0.717, 1.165) is 28.1 Å². The standard InChI is InChI=1S/C24H20N2O2/c1-17-4-7-19(8-5-17)20-9-11-21(12-10-20)24(27)26-16-18-6-13-22(25-15-18)23-3-2-14-28-23/h2-15H,16H2,1H3,(H,26,27). The average Bonchev–Trinajstić information content (AvgIpc) is 3.28. The maximum atomic E-state index is 12.4. The number of hydrogen-bond acceptors (Lipinski definition) is 3. The first kappa shape index (κ1) is 17.7.